The molecule has 0 aromatic carbocycles. The van der Waals surface area contributed by atoms with Gasteiger partial charge in [-0.2, -0.15) is 8.42 Å². The van der Waals surface area contributed by atoms with Gasteiger partial charge in [0.15, 0.2) is 0 Å². The fourth-order valence-corrected chi connectivity index (χ4v) is 2.00. The predicted octanol–water partition coefficient (Wildman–Crippen LogP) is 1.99. The molecule has 0 aliphatic rings. The molecule has 0 aromatic rings. The van der Waals surface area contributed by atoms with E-state index < -0.39 is 21.3 Å². The number of carbonyl (C=O) groups excluding carboxylic acids is 1. The number of nitrogens with one attached hydrogen (secondary N) is 1. The SMILES string of the molecule is CCCCCCC(C)(C)C(=O)NCCS(=O)(=O)O. The molecule has 1 amide bonds. The van der Waals surface area contributed by atoms with E-state index in [2.05, 4.69) is 12.2 Å². The predicted molar refractivity (Wildman–Crippen MR) is 72.0 cm³/mol. The summed E-state index contributed by atoms with van der Waals surface area (Å²) in [5.74, 6) is -0.604. The standard InChI is InChI=1S/C12H25NO4S/c1-4-5-6-7-8-12(2,3)11(14)13-9-10-18(15,16)17/h4-10H2,1-3H3,(H,13,14)(H,15,16,17). The highest BCUT2D eigenvalue weighted by molar-refractivity contribution is 7.85. The van der Waals surface area contributed by atoms with E-state index >= 15 is 0 Å². The zero-order valence-electron chi connectivity index (χ0n) is 11.5. The summed E-state index contributed by atoms with van der Waals surface area (Å²) in [6.45, 7) is 5.78. The van der Waals surface area contributed by atoms with Crippen LogP contribution >= 0.6 is 0 Å². The summed E-state index contributed by atoms with van der Waals surface area (Å²) in [6.07, 6.45) is 5.21. The highest BCUT2D eigenvalue weighted by atomic mass is 32.2. The minimum absolute atomic E-state index is 0.0456. The van der Waals surface area contributed by atoms with E-state index in [1.807, 2.05) is 13.8 Å². The summed E-state index contributed by atoms with van der Waals surface area (Å²) >= 11 is 0. The Labute approximate surface area is 110 Å². The van der Waals surface area contributed by atoms with Gasteiger partial charge in [-0.3, -0.25) is 9.35 Å². The van der Waals surface area contributed by atoms with Crippen molar-refractivity contribution < 1.29 is 17.8 Å². The number of hydrogen-bond donors (Lipinski definition) is 2. The first-order valence-electron chi connectivity index (χ1n) is 6.42. The average molecular weight is 279 g/mol. The van der Waals surface area contributed by atoms with Gasteiger partial charge in [-0.05, 0) is 6.42 Å². The summed E-state index contributed by atoms with van der Waals surface area (Å²) in [7, 11) is -4.00. The van der Waals surface area contributed by atoms with Crippen LogP contribution in [-0.4, -0.2) is 31.2 Å². The molecule has 5 nitrogen and oxygen atoms in total. The number of rotatable bonds is 9. The Bertz CT molecular complexity index is 349. The van der Waals surface area contributed by atoms with E-state index in [0.29, 0.717) is 0 Å². The quantitative estimate of drug-likeness (QED) is 0.499. The van der Waals surface area contributed by atoms with Crippen LogP contribution < -0.4 is 5.32 Å². The van der Waals surface area contributed by atoms with E-state index in [1.54, 1.807) is 0 Å². The van der Waals surface area contributed by atoms with Crippen molar-refractivity contribution in [1.82, 2.24) is 5.32 Å². The Hall–Kier alpha value is -0.620. The van der Waals surface area contributed by atoms with Crippen LogP contribution in [0.2, 0.25) is 0 Å². The zero-order chi connectivity index (χ0) is 14.2. The highest BCUT2D eigenvalue weighted by Gasteiger charge is 2.26. The molecule has 18 heavy (non-hydrogen) atoms. The van der Waals surface area contributed by atoms with Crippen molar-refractivity contribution in [3.63, 3.8) is 0 Å². The second-order valence-electron chi connectivity index (χ2n) is 5.24. The third kappa shape index (κ3) is 8.47. The van der Waals surface area contributed by atoms with Crippen molar-refractivity contribution in [2.75, 3.05) is 12.3 Å². The lowest BCUT2D eigenvalue weighted by molar-refractivity contribution is -0.129. The largest absolute Gasteiger partial charge is 0.355 e. The first kappa shape index (κ1) is 17.4. The molecule has 0 aliphatic heterocycles. The van der Waals surface area contributed by atoms with Gasteiger partial charge in [-0.15, -0.1) is 0 Å². The van der Waals surface area contributed by atoms with Crippen LogP contribution in [0, 0.1) is 5.41 Å². The van der Waals surface area contributed by atoms with E-state index in [4.69, 9.17) is 4.55 Å². The Balaban J connectivity index is 3.98. The van der Waals surface area contributed by atoms with E-state index in [0.717, 1.165) is 25.7 Å². The van der Waals surface area contributed by atoms with Gasteiger partial charge >= 0.3 is 0 Å². The molecule has 0 aromatic heterocycles. The molecule has 0 heterocycles. The maximum Gasteiger partial charge on any atom is 0.266 e. The Morgan fingerprint density at radius 1 is 1.22 bits per heavy atom. The highest BCUT2D eigenvalue weighted by Crippen LogP contribution is 2.24. The van der Waals surface area contributed by atoms with Gasteiger partial charge in [0.25, 0.3) is 10.1 Å². The van der Waals surface area contributed by atoms with Crippen molar-refractivity contribution in [2.45, 2.75) is 52.9 Å². The van der Waals surface area contributed by atoms with Crippen LogP contribution in [-0.2, 0) is 14.9 Å². The minimum atomic E-state index is -4.00. The first-order valence-corrected chi connectivity index (χ1v) is 8.03. The molecule has 0 spiro atoms. The molecule has 0 fully saturated rings. The molecule has 2 N–H and O–H groups in total. The summed E-state index contributed by atoms with van der Waals surface area (Å²) in [5.41, 5.74) is -0.493. The minimum Gasteiger partial charge on any atom is -0.355 e. The van der Waals surface area contributed by atoms with E-state index in [-0.39, 0.29) is 12.5 Å². The van der Waals surface area contributed by atoms with Gasteiger partial charge in [0.05, 0.1) is 5.75 Å². The lowest BCUT2D eigenvalue weighted by Crippen LogP contribution is -2.39. The van der Waals surface area contributed by atoms with Crippen LogP contribution in [0.25, 0.3) is 0 Å². The van der Waals surface area contributed by atoms with Crippen molar-refractivity contribution in [3.8, 4) is 0 Å². The fourth-order valence-electron chi connectivity index (χ4n) is 1.64. The molecule has 108 valence electrons. The summed E-state index contributed by atoms with van der Waals surface area (Å²) in [6, 6.07) is 0. The summed E-state index contributed by atoms with van der Waals surface area (Å²) in [5, 5.41) is 2.54. The molecular weight excluding hydrogens is 254 g/mol. The van der Waals surface area contributed by atoms with Gasteiger partial charge in [0.1, 0.15) is 0 Å². The molecule has 0 radical (unpaired) electrons. The smallest absolute Gasteiger partial charge is 0.266 e. The molecule has 0 saturated carbocycles. The van der Waals surface area contributed by atoms with E-state index in [1.165, 1.54) is 6.42 Å². The molecule has 6 heteroatoms. The Morgan fingerprint density at radius 3 is 2.33 bits per heavy atom. The molecule has 0 rings (SSSR count). The van der Waals surface area contributed by atoms with Crippen molar-refractivity contribution in [2.24, 2.45) is 5.41 Å². The van der Waals surface area contributed by atoms with Crippen LogP contribution in [0.3, 0.4) is 0 Å². The first-order chi connectivity index (χ1) is 8.19. The van der Waals surface area contributed by atoms with Crippen molar-refractivity contribution in [3.05, 3.63) is 0 Å². The van der Waals surface area contributed by atoms with Gasteiger partial charge in [-0.25, -0.2) is 0 Å². The third-order valence-electron chi connectivity index (χ3n) is 2.92. The molecule has 0 unspecified atom stereocenters. The van der Waals surface area contributed by atoms with Crippen molar-refractivity contribution >= 4 is 16.0 Å². The lowest BCUT2D eigenvalue weighted by atomic mass is 9.86. The average Bonchev–Trinajstić information content (AvgIpc) is 2.22. The molecule has 0 atom stereocenters. The number of hydrogen-bond acceptors (Lipinski definition) is 3. The number of amides is 1. The summed E-state index contributed by atoms with van der Waals surface area (Å²) in [4.78, 5) is 11.8. The number of carbonyl (C=O) groups is 1. The van der Waals surface area contributed by atoms with Crippen LogP contribution in [0.1, 0.15) is 52.9 Å². The van der Waals surface area contributed by atoms with Gasteiger partial charge in [0, 0.05) is 12.0 Å². The molecule has 0 aliphatic carbocycles. The second-order valence-corrected chi connectivity index (χ2v) is 6.81. The monoisotopic (exact) mass is 279 g/mol. The van der Waals surface area contributed by atoms with Crippen LogP contribution in [0.15, 0.2) is 0 Å². The molecule has 0 saturated heterocycles. The Morgan fingerprint density at radius 2 is 1.83 bits per heavy atom. The van der Waals surface area contributed by atoms with Crippen LogP contribution in [0.4, 0.5) is 0 Å². The molecular formula is C12H25NO4S. The van der Waals surface area contributed by atoms with Gasteiger partial charge in [0.2, 0.25) is 5.91 Å². The normalized spacial score (nSPS) is 12.4. The van der Waals surface area contributed by atoms with Gasteiger partial charge in [-0.1, -0.05) is 46.5 Å². The maximum atomic E-state index is 11.8. The zero-order valence-corrected chi connectivity index (χ0v) is 12.3. The fraction of sp³-hybridized carbons (Fsp3) is 0.917. The van der Waals surface area contributed by atoms with Crippen molar-refractivity contribution in [1.29, 1.82) is 0 Å². The maximum absolute atomic E-state index is 11.8. The van der Waals surface area contributed by atoms with E-state index in [9.17, 15) is 13.2 Å². The Kier molecular flexibility index (Phi) is 7.47. The third-order valence-corrected chi connectivity index (χ3v) is 3.64. The van der Waals surface area contributed by atoms with Crippen LogP contribution in [0.5, 0.6) is 0 Å². The summed E-state index contributed by atoms with van der Waals surface area (Å²) < 4.78 is 29.6. The molecule has 0 bridgehead atoms. The second kappa shape index (κ2) is 7.74. The topological polar surface area (TPSA) is 83.5 Å². The number of unbranched alkanes of at least 4 members (excludes halogenated alkanes) is 3. The lowest BCUT2D eigenvalue weighted by Gasteiger charge is -2.23. The van der Waals surface area contributed by atoms with Gasteiger partial charge < -0.3 is 5.32 Å².